The molecule has 0 aromatic carbocycles. The minimum Gasteiger partial charge on any atom is -0.461 e. The lowest BCUT2D eigenvalue weighted by Crippen LogP contribution is -2.60. The van der Waals surface area contributed by atoms with Crippen molar-refractivity contribution in [3.8, 4) is 0 Å². The largest absolute Gasteiger partial charge is 0.461 e. The van der Waals surface area contributed by atoms with Crippen LogP contribution in [0.25, 0.3) is 10.4 Å². The fourth-order valence-electron chi connectivity index (χ4n) is 6.84. The number of fused-ring (bicyclic) bond motifs is 5. The van der Waals surface area contributed by atoms with Crippen LogP contribution in [0, 0.1) is 28.6 Å². The van der Waals surface area contributed by atoms with Gasteiger partial charge in [-0.15, -0.1) is 0 Å². The number of carbonyl (C=O) groups is 3. The van der Waals surface area contributed by atoms with Gasteiger partial charge in [-0.2, -0.15) is 0 Å². The maximum atomic E-state index is 12.7. The van der Waals surface area contributed by atoms with Crippen LogP contribution in [0.5, 0.6) is 0 Å². The van der Waals surface area contributed by atoms with E-state index in [-0.39, 0.29) is 29.0 Å². The van der Waals surface area contributed by atoms with Crippen molar-refractivity contribution >= 4 is 17.5 Å². The number of Topliss-reactive ketones (excluding diaryl/α,β-unsaturated/α-hetero) is 1. The van der Waals surface area contributed by atoms with Crippen molar-refractivity contribution in [1.29, 1.82) is 0 Å². The molecule has 7 heteroatoms. The van der Waals surface area contributed by atoms with Crippen molar-refractivity contribution in [3.05, 3.63) is 22.1 Å². The number of rotatable bonds is 2. The Morgan fingerprint density at radius 2 is 1.89 bits per heavy atom. The molecular formula is C21H27N3O4. The summed E-state index contributed by atoms with van der Waals surface area (Å²) in [5.41, 5.74) is 9.37. The van der Waals surface area contributed by atoms with Gasteiger partial charge in [0.1, 0.15) is 11.9 Å². The number of carbonyl (C=O) groups excluding carboxylic acids is 3. The van der Waals surface area contributed by atoms with Crippen LogP contribution in [0.2, 0.25) is 0 Å². The van der Waals surface area contributed by atoms with E-state index in [0.717, 1.165) is 24.8 Å². The summed E-state index contributed by atoms with van der Waals surface area (Å²) in [6, 6.07) is -0.692. The summed E-state index contributed by atoms with van der Waals surface area (Å²) in [5, 5.41) is 4.03. The standard InChI is InChI=1S/C21H27N3O4/c1-11(25)28-19-17-13-4-5-16(27)21(13,3)9-7-14(17)20(2)8-6-12(26)10-15(20)18(19)23-24-22/h10,13-14,17-19H,4-9H2,1-3H3/t13-,14-,17-,18?,19?,20+,21-/m0/s1. The Hall–Kier alpha value is -2.14. The van der Waals surface area contributed by atoms with Crippen molar-refractivity contribution in [2.45, 2.75) is 71.4 Å². The smallest absolute Gasteiger partial charge is 0.302 e. The fraction of sp³-hybridized carbons (Fsp3) is 0.762. The lowest BCUT2D eigenvalue weighted by atomic mass is 9.46. The Bertz CT molecular complexity index is 830. The van der Waals surface area contributed by atoms with Gasteiger partial charge in [0.15, 0.2) is 5.78 Å². The molecule has 0 N–H and O–H groups in total. The Morgan fingerprint density at radius 3 is 2.57 bits per heavy atom. The van der Waals surface area contributed by atoms with Crippen LogP contribution in [0.15, 0.2) is 16.8 Å². The van der Waals surface area contributed by atoms with E-state index >= 15 is 0 Å². The Morgan fingerprint density at radius 1 is 1.18 bits per heavy atom. The first-order valence-electron chi connectivity index (χ1n) is 10.2. The number of hydrogen-bond donors (Lipinski definition) is 0. The average Bonchev–Trinajstić information content (AvgIpc) is 2.94. The predicted octanol–water partition coefficient (Wildman–Crippen LogP) is 3.92. The first kappa shape index (κ1) is 19.2. The third kappa shape index (κ3) is 2.55. The third-order valence-corrected chi connectivity index (χ3v) is 8.21. The molecular weight excluding hydrogens is 358 g/mol. The highest BCUT2D eigenvalue weighted by molar-refractivity contribution is 5.92. The zero-order valence-corrected chi connectivity index (χ0v) is 16.7. The monoisotopic (exact) mass is 385 g/mol. The summed E-state index contributed by atoms with van der Waals surface area (Å²) in [6.07, 6.45) is 5.21. The van der Waals surface area contributed by atoms with E-state index in [1.165, 1.54) is 6.92 Å². The van der Waals surface area contributed by atoms with Crippen molar-refractivity contribution in [2.75, 3.05) is 0 Å². The fourth-order valence-corrected chi connectivity index (χ4v) is 6.84. The summed E-state index contributed by atoms with van der Waals surface area (Å²) in [6.45, 7) is 5.57. The maximum absolute atomic E-state index is 12.7. The highest BCUT2D eigenvalue weighted by Gasteiger charge is 2.64. The molecule has 0 spiro atoms. The Balaban J connectivity index is 1.89. The van der Waals surface area contributed by atoms with Gasteiger partial charge >= 0.3 is 5.97 Å². The molecule has 2 unspecified atom stereocenters. The second-order valence-corrected chi connectivity index (χ2v) is 9.42. The van der Waals surface area contributed by atoms with E-state index in [9.17, 15) is 19.9 Å². The topological polar surface area (TPSA) is 109 Å². The molecule has 7 nitrogen and oxygen atoms in total. The van der Waals surface area contributed by atoms with E-state index in [1.54, 1.807) is 6.08 Å². The minimum absolute atomic E-state index is 0.0299. The molecule has 150 valence electrons. The molecule has 0 heterocycles. The molecule has 0 bridgehead atoms. The lowest BCUT2D eigenvalue weighted by Gasteiger charge is -2.60. The molecule has 4 aliphatic rings. The van der Waals surface area contributed by atoms with Gasteiger partial charge in [0, 0.05) is 36.0 Å². The van der Waals surface area contributed by atoms with E-state index in [2.05, 4.69) is 23.9 Å². The lowest BCUT2D eigenvalue weighted by molar-refractivity contribution is -0.168. The number of ketones is 2. The number of nitrogens with zero attached hydrogens (tertiary/aromatic N) is 3. The van der Waals surface area contributed by atoms with Gasteiger partial charge in [-0.05, 0) is 60.1 Å². The van der Waals surface area contributed by atoms with Crippen molar-refractivity contribution in [3.63, 3.8) is 0 Å². The van der Waals surface area contributed by atoms with Gasteiger partial charge < -0.3 is 4.74 Å². The van der Waals surface area contributed by atoms with Crippen LogP contribution in [-0.4, -0.2) is 29.7 Å². The van der Waals surface area contributed by atoms with E-state index < -0.39 is 23.5 Å². The van der Waals surface area contributed by atoms with Crippen LogP contribution in [0.1, 0.15) is 59.3 Å². The Labute approximate surface area is 164 Å². The number of esters is 1. The normalized spacial score (nSPS) is 44.5. The van der Waals surface area contributed by atoms with Gasteiger partial charge in [-0.1, -0.05) is 19.0 Å². The summed E-state index contributed by atoms with van der Waals surface area (Å²) < 4.78 is 5.78. The van der Waals surface area contributed by atoms with Crippen LogP contribution in [0.3, 0.4) is 0 Å². The van der Waals surface area contributed by atoms with Gasteiger partial charge in [-0.25, -0.2) is 0 Å². The van der Waals surface area contributed by atoms with Gasteiger partial charge in [0.25, 0.3) is 0 Å². The molecule has 4 aliphatic carbocycles. The minimum atomic E-state index is -0.692. The molecule has 7 atom stereocenters. The molecule has 0 radical (unpaired) electrons. The highest BCUT2D eigenvalue weighted by atomic mass is 16.5. The zero-order valence-electron chi connectivity index (χ0n) is 16.7. The summed E-state index contributed by atoms with van der Waals surface area (Å²) in [7, 11) is 0. The molecule has 3 saturated carbocycles. The highest BCUT2D eigenvalue weighted by Crippen LogP contribution is 2.65. The van der Waals surface area contributed by atoms with E-state index in [1.807, 2.05) is 0 Å². The van der Waals surface area contributed by atoms with E-state index in [4.69, 9.17) is 4.74 Å². The van der Waals surface area contributed by atoms with Gasteiger partial charge in [0.05, 0.1) is 6.04 Å². The molecule has 0 aromatic heterocycles. The summed E-state index contributed by atoms with van der Waals surface area (Å²) >= 11 is 0. The predicted molar refractivity (Wildman–Crippen MR) is 101 cm³/mol. The van der Waals surface area contributed by atoms with Gasteiger partial charge in [0.2, 0.25) is 0 Å². The number of hydrogen-bond acceptors (Lipinski definition) is 5. The zero-order chi connectivity index (χ0) is 20.3. The average molecular weight is 385 g/mol. The van der Waals surface area contributed by atoms with Crippen molar-refractivity contribution in [2.24, 2.45) is 33.7 Å². The SMILES string of the molecule is CC(=O)OC1C(N=[N+]=[N-])C2=CC(=O)CC[C@]2(C)[C@H]2CC[C@]3(C)C(=O)CC[C@H]3[C@H]12. The van der Waals surface area contributed by atoms with Crippen LogP contribution in [0.4, 0.5) is 0 Å². The second-order valence-electron chi connectivity index (χ2n) is 9.42. The molecule has 28 heavy (non-hydrogen) atoms. The maximum Gasteiger partial charge on any atom is 0.302 e. The van der Waals surface area contributed by atoms with Crippen LogP contribution < -0.4 is 0 Å². The molecule has 0 saturated heterocycles. The van der Waals surface area contributed by atoms with Crippen molar-refractivity contribution < 1.29 is 19.1 Å². The van der Waals surface area contributed by atoms with Gasteiger partial charge in [-0.3, -0.25) is 14.4 Å². The molecule has 3 fully saturated rings. The van der Waals surface area contributed by atoms with E-state index in [0.29, 0.717) is 25.0 Å². The first-order valence-corrected chi connectivity index (χ1v) is 10.2. The molecule has 0 amide bonds. The molecule has 0 aliphatic heterocycles. The second kappa shape index (κ2) is 6.45. The number of ether oxygens (including phenoxy) is 1. The summed E-state index contributed by atoms with van der Waals surface area (Å²) in [4.78, 5) is 39.9. The van der Waals surface area contributed by atoms with Crippen LogP contribution in [-0.2, 0) is 19.1 Å². The number of azide groups is 1. The summed E-state index contributed by atoms with van der Waals surface area (Å²) in [5.74, 6) is 0.163. The van der Waals surface area contributed by atoms with Crippen LogP contribution >= 0.6 is 0 Å². The first-order chi connectivity index (χ1) is 13.2. The Kier molecular flexibility index (Phi) is 4.42. The quantitative estimate of drug-likeness (QED) is 0.310. The molecule has 0 aromatic rings. The third-order valence-electron chi connectivity index (χ3n) is 8.21. The molecule has 4 rings (SSSR count). The van der Waals surface area contributed by atoms with Crippen molar-refractivity contribution in [1.82, 2.24) is 0 Å².